The number of nitrogens with two attached hydrogens (primary N) is 1. The molecule has 0 saturated carbocycles. The number of hydrogen-bond acceptors (Lipinski definition) is 3. The van der Waals surface area contributed by atoms with Gasteiger partial charge < -0.3 is 0 Å². The van der Waals surface area contributed by atoms with Crippen molar-refractivity contribution in [2.24, 2.45) is 5.84 Å². The van der Waals surface area contributed by atoms with Crippen LogP contribution in [-0.2, 0) is 6.42 Å². The molecular weight excluding hydrogens is 247 g/mol. The van der Waals surface area contributed by atoms with Crippen LogP contribution in [0.4, 0.5) is 4.39 Å². The first-order chi connectivity index (χ1) is 8.65. The van der Waals surface area contributed by atoms with Crippen LogP contribution < -0.4 is 11.3 Å². The Morgan fingerprint density at radius 3 is 2.72 bits per heavy atom. The highest BCUT2D eigenvalue weighted by atomic mass is 32.1. The molecule has 1 heterocycles. The lowest BCUT2D eigenvalue weighted by Gasteiger charge is -2.16. The molecule has 3 N–H and O–H groups in total. The third-order valence-electron chi connectivity index (χ3n) is 2.94. The molecule has 0 aliphatic heterocycles. The van der Waals surface area contributed by atoms with Gasteiger partial charge in [0.2, 0.25) is 0 Å². The van der Waals surface area contributed by atoms with Crippen LogP contribution in [0.5, 0.6) is 0 Å². The summed E-state index contributed by atoms with van der Waals surface area (Å²) < 4.78 is 13.9. The average Bonchev–Trinajstić information content (AvgIpc) is 2.83. The molecule has 96 valence electrons. The van der Waals surface area contributed by atoms with Crippen LogP contribution >= 0.6 is 11.3 Å². The van der Waals surface area contributed by atoms with Crippen LogP contribution in [0.1, 0.15) is 33.8 Å². The Morgan fingerprint density at radius 2 is 2.11 bits per heavy atom. The Kier molecular flexibility index (Phi) is 4.11. The summed E-state index contributed by atoms with van der Waals surface area (Å²) in [5, 5.41) is 0. The fraction of sp³-hybridized carbons (Fsp3) is 0.286. The Morgan fingerprint density at radius 1 is 1.33 bits per heavy atom. The van der Waals surface area contributed by atoms with E-state index in [0.717, 1.165) is 16.9 Å². The van der Waals surface area contributed by atoms with E-state index in [1.807, 2.05) is 19.1 Å². The number of thiophene rings is 1. The molecule has 1 atom stereocenters. The topological polar surface area (TPSA) is 38.0 Å². The van der Waals surface area contributed by atoms with Crippen LogP contribution in [0.25, 0.3) is 0 Å². The summed E-state index contributed by atoms with van der Waals surface area (Å²) in [4.78, 5) is 2.32. The molecule has 0 saturated heterocycles. The minimum atomic E-state index is -0.282. The monoisotopic (exact) mass is 264 g/mol. The Bertz CT molecular complexity index is 536. The molecule has 0 fully saturated rings. The third kappa shape index (κ3) is 2.61. The van der Waals surface area contributed by atoms with E-state index in [9.17, 15) is 4.39 Å². The molecule has 2 nitrogen and oxygen atoms in total. The molecule has 2 rings (SSSR count). The first-order valence-corrected chi connectivity index (χ1v) is 6.78. The predicted molar refractivity (Wildman–Crippen MR) is 74.0 cm³/mol. The molecule has 0 aliphatic rings. The zero-order valence-corrected chi connectivity index (χ0v) is 11.4. The summed E-state index contributed by atoms with van der Waals surface area (Å²) in [6.07, 6.45) is 0.984. The van der Waals surface area contributed by atoms with E-state index in [1.54, 1.807) is 17.4 Å². The number of nitrogens with one attached hydrogen (secondary N) is 1. The Balaban J connectivity index is 2.41. The van der Waals surface area contributed by atoms with Gasteiger partial charge in [-0.3, -0.25) is 5.84 Å². The standard InChI is InChI=1S/C14H17FN2S/c1-3-10-5-7-13(18-10)14(17-16)11-8-9(2)4-6-12(11)15/h4-8,14,17H,3,16H2,1-2H3. The van der Waals surface area contributed by atoms with Gasteiger partial charge >= 0.3 is 0 Å². The van der Waals surface area contributed by atoms with E-state index in [4.69, 9.17) is 5.84 Å². The van der Waals surface area contributed by atoms with E-state index in [2.05, 4.69) is 18.4 Å². The number of benzene rings is 1. The van der Waals surface area contributed by atoms with Crippen molar-refractivity contribution in [3.05, 3.63) is 57.0 Å². The number of aryl methyl sites for hydroxylation is 2. The normalized spacial score (nSPS) is 12.7. The van der Waals surface area contributed by atoms with Gasteiger partial charge in [0.1, 0.15) is 5.82 Å². The second-order valence-corrected chi connectivity index (χ2v) is 5.48. The molecule has 18 heavy (non-hydrogen) atoms. The van der Waals surface area contributed by atoms with Gasteiger partial charge in [0, 0.05) is 15.3 Å². The highest BCUT2D eigenvalue weighted by Crippen LogP contribution is 2.30. The number of halogens is 1. The minimum absolute atomic E-state index is 0.227. The van der Waals surface area contributed by atoms with Crippen LogP contribution in [0.2, 0.25) is 0 Å². The van der Waals surface area contributed by atoms with Crippen molar-refractivity contribution in [1.82, 2.24) is 5.43 Å². The Labute approximate surface area is 111 Å². The van der Waals surface area contributed by atoms with E-state index in [1.165, 1.54) is 10.9 Å². The first kappa shape index (κ1) is 13.2. The van der Waals surface area contributed by atoms with Gasteiger partial charge in [-0.15, -0.1) is 11.3 Å². The lowest BCUT2D eigenvalue weighted by Crippen LogP contribution is -2.29. The number of hydrazine groups is 1. The highest BCUT2D eigenvalue weighted by Gasteiger charge is 2.18. The van der Waals surface area contributed by atoms with Crippen LogP contribution in [0, 0.1) is 12.7 Å². The molecule has 0 spiro atoms. The van der Waals surface area contributed by atoms with Crippen molar-refractivity contribution in [3.8, 4) is 0 Å². The van der Waals surface area contributed by atoms with Crippen molar-refractivity contribution in [2.75, 3.05) is 0 Å². The molecule has 0 amide bonds. The summed E-state index contributed by atoms with van der Waals surface area (Å²) >= 11 is 1.67. The van der Waals surface area contributed by atoms with Crippen LogP contribution in [0.15, 0.2) is 30.3 Å². The lowest BCUT2D eigenvalue weighted by atomic mass is 10.0. The lowest BCUT2D eigenvalue weighted by molar-refractivity contribution is 0.563. The molecule has 1 unspecified atom stereocenters. The maximum Gasteiger partial charge on any atom is 0.128 e. The van der Waals surface area contributed by atoms with Gasteiger partial charge in [-0.1, -0.05) is 24.6 Å². The molecule has 2 aromatic rings. The second-order valence-electron chi connectivity index (χ2n) is 4.28. The van der Waals surface area contributed by atoms with Gasteiger partial charge in [-0.05, 0) is 31.5 Å². The van der Waals surface area contributed by atoms with E-state index >= 15 is 0 Å². The maximum absolute atomic E-state index is 13.9. The smallest absolute Gasteiger partial charge is 0.128 e. The van der Waals surface area contributed by atoms with E-state index in [-0.39, 0.29) is 11.9 Å². The van der Waals surface area contributed by atoms with Gasteiger partial charge in [0.25, 0.3) is 0 Å². The SMILES string of the molecule is CCc1ccc(C(NN)c2cc(C)ccc2F)s1. The zero-order chi connectivity index (χ0) is 13.1. The van der Waals surface area contributed by atoms with Gasteiger partial charge in [0.15, 0.2) is 0 Å². The average molecular weight is 264 g/mol. The molecule has 1 aromatic heterocycles. The first-order valence-electron chi connectivity index (χ1n) is 5.96. The molecule has 0 radical (unpaired) electrons. The van der Waals surface area contributed by atoms with Crippen molar-refractivity contribution >= 4 is 11.3 Å². The highest BCUT2D eigenvalue weighted by molar-refractivity contribution is 7.12. The van der Waals surface area contributed by atoms with E-state index < -0.39 is 0 Å². The largest absolute Gasteiger partial charge is 0.271 e. The van der Waals surface area contributed by atoms with Crippen molar-refractivity contribution < 1.29 is 4.39 Å². The number of hydrogen-bond donors (Lipinski definition) is 2. The van der Waals surface area contributed by atoms with E-state index in [0.29, 0.717) is 5.56 Å². The summed E-state index contributed by atoms with van der Waals surface area (Å²) in [7, 11) is 0. The molecule has 0 bridgehead atoms. The van der Waals surface area contributed by atoms with Crippen LogP contribution in [-0.4, -0.2) is 0 Å². The maximum atomic E-state index is 13.9. The van der Waals surface area contributed by atoms with Gasteiger partial charge in [-0.25, -0.2) is 9.82 Å². The Hall–Kier alpha value is -1.23. The second kappa shape index (κ2) is 5.61. The fourth-order valence-corrected chi connectivity index (χ4v) is 2.98. The van der Waals surface area contributed by atoms with Gasteiger partial charge in [0.05, 0.1) is 6.04 Å². The van der Waals surface area contributed by atoms with Crippen LogP contribution in [0.3, 0.4) is 0 Å². The third-order valence-corrected chi connectivity index (χ3v) is 4.24. The van der Waals surface area contributed by atoms with Crippen molar-refractivity contribution in [1.29, 1.82) is 0 Å². The summed E-state index contributed by atoms with van der Waals surface area (Å²) in [5.41, 5.74) is 4.34. The van der Waals surface area contributed by atoms with Crippen molar-refractivity contribution in [3.63, 3.8) is 0 Å². The summed E-state index contributed by atoms with van der Waals surface area (Å²) in [5.74, 6) is 5.37. The molecule has 1 aromatic carbocycles. The molecule has 0 aliphatic carbocycles. The fourth-order valence-electron chi connectivity index (χ4n) is 1.95. The summed E-state index contributed by atoms with van der Waals surface area (Å²) in [6.45, 7) is 4.05. The summed E-state index contributed by atoms with van der Waals surface area (Å²) in [6, 6.07) is 8.89. The zero-order valence-electron chi connectivity index (χ0n) is 10.5. The molecule has 4 heteroatoms. The predicted octanol–water partition coefficient (Wildman–Crippen LogP) is 3.31. The minimum Gasteiger partial charge on any atom is -0.271 e. The van der Waals surface area contributed by atoms with Gasteiger partial charge in [-0.2, -0.15) is 0 Å². The van der Waals surface area contributed by atoms with Crippen molar-refractivity contribution in [2.45, 2.75) is 26.3 Å². The molecular formula is C14H17FN2S. The quantitative estimate of drug-likeness (QED) is 0.657. The number of rotatable bonds is 4.